The molecule has 1 fully saturated rings. The Hall–Kier alpha value is -0.900. The third kappa shape index (κ3) is 4.46. The molecule has 0 aromatic heterocycles. The van der Waals surface area contributed by atoms with Crippen LogP contribution in [0.3, 0.4) is 0 Å². The summed E-state index contributed by atoms with van der Waals surface area (Å²) in [5.74, 6) is 0. The molecule has 1 aliphatic heterocycles. The van der Waals surface area contributed by atoms with Gasteiger partial charge in [-0.05, 0) is 25.6 Å². The Morgan fingerprint density at radius 2 is 2.18 bits per heavy atom. The van der Waals surface area contributed by atoms with Crippen LogP contribution in [-0.2, 0) is 6.42 Å². The van der Waals surface area contributed by atoms with E-state index in [4.69, 9.17) is 0 Å². The van der Waals surface area contributed by atoms with Crippen molar-refractivity contribution in [2.24, 2.45) is 0 Å². The minimum absolute atomic E-state index is 0.601. The Bertz CT molecular complexity index is 313. The molecule has 1 aromatic rings. The lowest BCUT2D eigenvalue weighted by Gasteiger charge is -2.31. The number of piperazine rings is 1. The maximum absolute atomic E-state index is 3.54. The Balaban J connectivity index is 1.60. The lowest BCUT2D eigenvalue weighted by atomic mass is 10.1. The fourth-order valence-corrected chi connectivity index (χ4v) is 2.28. The van der Waals surface area contributed by atoms with E-state index in [0.29, 0.717) is 6.04 Å². The fraction of sp³-hybridized carbons (Fsp3) is 0.571. The molecule has 1 saturated heterocycles. The third-order valence-electron chi connectivity index (χ3n) is 3.28. The molecule has 0 radical (unpaired) electrons. The summed E-state index contributed by atoms with van der Waals surface area (Å²) in [6.07, 6.45) is 1.11. The van der Waals surface area contributed by atoms with E-state index in [2.05, 4.69) is 52.9 Å². The van der Waals surface area contributed by atoms with Gasteiger partial charge in [-0.25, -0.2) is 0 Å². The number of nitrogens with zero attached hydrogens (tertiary/aromatic N) is 1. The van der Waals surface area contributed by atoms with Gasteiger partial charge in [-0.3, -0.25) is 0 Å². The summed E-state index contributed by atoms with van der Waals surface area (Å²) in [5, 5.41) is 7.08. The number of likely N-dealkylation sites (N-methyl/N-ethyl adjacent to an activating group) is 1. The van der Waals surface area contributed by atoms with Crippen LogP contribution in [0.15, 0.2) is 30.3 Å². The number of rotatable bonds is 5. The molecule has 1 aliphatic rings. The molecule has 2 rings (SSSR count). The minimum Gasteiger partial charge on any atom is -0.315 e. The smallest absolute Gasteiger partial charge is 0.0320 e. The van der Waals surface area contributed by atoms with Gasteiger partial charge < -0.3 is 15.5 Å². The summed E-state index contributed by atoms with van der Waals surface area (Å²) in [6, 6.07) is 11.3. The highest BCUT2D eigenvalue weighted by atomic mass is 15.2. The van der Waals surface area contributed by atoms with Gasteiger partial charge >= 0.3 is 0 Å². The molecule has 2 N–H and O–H groups in total. The highest BCUT2D eigenvalue weighted by Gasteiger charge is 2.15. The third-order valence-corrected chi connectivity index (χ3v) is 3.28. The van der Waals surface area contributed by atoms with Gasteiger partial charge in [0, 0.05) is 32.2 Å². The number of hydrogen-bond donors (Lipinski definition) is 2. The predicted molar refractivity (Wildman–Crippen MR) is 72.3 cm³/mol. The minimum atomic E-state index is 0.601. The van der Waals surface area contributed by atoms with Crippen molar-refractivity contribution in [1.29, 1.82) is 0 Å². The Kier molecular flexibility index (Phi) is 4.98. The number of hydrogen-bond acceptors (Lipinski definition) is 3. The van der Waals surface area contributed by atoms with E-state index in [0.717, 1.165) is 32.6 Å². The van der Waals surface area contributed by atoms with Crippen molar-refractivity contribution in [3.8, 4) is 0 Å². The first kappa shape index (κ1) is 12.6. The van der Waals surface area contributed by atoms with Crippen LogP contribution in [0.1, 0.15) is 5.56 Å². The molecule has 3 nitrogen and oxygen atoms in total. The standard InChI is InChI=1S/C14H23N3/c1-17-10-9-16-14(12-17)11-15-8-7-13-5-3-2-4-6-13/h2-6,14-16H,7-12H2,1H3. The first-order chi connectivity index (χ1) is 8.34. The second-order valence-corrected chi connectivity index (χ2v) is 4.85. The summed E-state index contributed by atoms with van der Waals surface area (Å²) in [5.41, 5.74) is 1.41. The lowest BCUT2D eigenvalue weighted by Crippen LogP contribution is -2.53. The molecule has 94 valence electrons. The van der Waals surface area contributed by atoms with Crippen LogP contribution in [0.25, 0.3) is 0 Å². The highest BCUT2D eigenvalue weighted by molar-refractivity contribution is 5.14. The molecular formula is C14H23N3. The van der Waals surface area contributed by atoms with Crippen LogP contribution >= 0.6 is 0 Å². The first-order valence-corrected chi connectivity index (χ1v) is 6.51. The van der Waals surface area contributed by atoms with Crippen molar-refractivity contribution in [3.05, 3.63) is 35.9 Å². The Morgan fingerprint density at radius 3 is 2.94 bits per heavy atom. The molecule has 1 heterocycles. The monoisotopic (exact) mass is 233 g/mol. The zero-order valence-corrected chi connectivity index (χ0v) is 10.7. The summed E-state index contributed by atoms with van der Waals surface area (Å²) in [6.45, 7) is 5.56. The fourth-order valence-electron chi connectivity index (χ4n) is 2.28. The lowest BCUT2D eigenvalue weighted by molar-refractivity contribution is 0.235. The van der Waals surface area contributed by atoms with Gasteiger partial charge in [-0.2, -0.15) is 0 Å². The number of benzene rings is 1. The van der Waals surface area contributed by atoms with Crippen molar-refractivity contribution >= 4 is 0 Å². The molecule has 0 amide bonds. The van der Waals surface area contributed by atoms with E-state index >= 15 is 0 Å². The molecule has 1 atom stereocenters. The van der Waals surface area contributed by atoms with E-state index in [-0.39, 0.29) is 0 Å². The van der Waals surface area contributed by atoms with E-state index in [1.165, 1.54) is 12.1 Å². The SMILES string of the molecule is CN1CCNC(CNCCc2ccccc2)C1. The van der Waals surface area contributed by atoms with Crippen LogP contribution < -0.4 is 10.6 Å². The highest BCUT2D eigenvalue weighted by Crippen LogP contribution is 1.98. The van der Waals surface area contributed by atoms with Gasteiger partial charge in [0.2, 0.25) is 0 Å². The summed E-state index contributed by atoms with van der Waals surface area (Å²) < 4.78 is 0. The zero-order valence-electron chi connectivity index (χ0n) is 10.7. The molecule has 1 aromatic carbocycles. The van der Waals surface area contributed by atoms with Gasteiger partial charge in [0.1, 0.15) is 0 Å². The van der Waals surface area contributed by atoms with Crippen LogP contribution in [0.2, 0.25) is 0 Å². The molecule has 3 heteroatoms. The van der Waals surface area contributed by atoms with Gasteiger partial charge in [0.05, 0.1) is 0 Å². The normalized spacial score (nSPS) is 21.6. The van der Waals surface area contributed by atoms with Gasteiger partial charge in [-0.15, -0.1) is 0 Å². The Labute approximate surface area is 104 Å². The Morgan fingerprint density at radius 1 is 1.35 bits per heavy atom. The van der Waals surface area contributed by atoms with E-state index in [9.17, 15) is 0 Å². The van der Waals surface area contributed by atoms with Crippen molar-refractivity contribution in [2.45, 2.75) is 12.5 Å². The van der Waals surface area contributed by atoms with E-state index in [1.54, 1.807) is 0 Å². The topological polar surface area (TPSA) is 27.3 Å². The van der Waals surface area contributed by atoms with Gasteiger partial charge in [-0.1, -0.05) is 30.3 Å². The van der Waals surface area contributed by atoms with Crippen molar-refractivity contribution in [3.63, 3.8) is 0 Å². The number of nitrogens with one attached hydrogen (secondary N) is 2. The molecule has 0 aliphatic carbocycles. The van der Waals surface area contributed by atoms with Crippen molar-refractivity contribution in [2.75, 3.05) is 39.8 Å². The van der Waals surface area contributed by atoms with Gasteiger partial charge in [0.15, 0.2) is 0 Å². The zero-order chi connectivity index (χ0) is 11.9. The second-order valence-electron chi connectivity index (χ2n) is 4.85. The molecular weight excluding hydrogens is 210 g/mol. The maximum Gasteiger partial charge on any atom is 0.0320 e. The van der Waals surface area contributed by atoms with Crippen LogP contribution in [0.4, 0.5) is 0 Å². The largest absolute Gasteiger partial charge is 0.315 e. The average molecular weight is 233 g/mol. The summed E-state index contributed by atoms with van der Waals surface area (Å²) in [7, 11) is 2.19. The van der Waals surface area contributed by atoms with Crippen LogP contribution in [0.5, 0.6) is 0 Å². The van der Waals surface area contributed by atoms with Gasteiger partial charge in [0.25, 0.3) is 0 Å². The second kappa shape index (κ2) is 6.74. The molecule has 0 saturated carbocycles. The molecule has 17 heavy (non-hydrogen) atoms. The molecule has 0 spiro atoms. The van der Waals surface area contributed by atoms with Crippen LogP contribution in [0, 0.1) is 0 Å². The molecule has 0 bridgehead atoms. The maximum atomic E-state index is 3.54. The van der Waals surface area contributed by atoms with Crippen molar-refractivity contribution < 1.29 is 0 Å². The average Bonchev–Trinajstić information content (AvgIpc) is 2.36. The van der Waals surface area contributed by atoms with Crippen molar-refractivity contribution in [1.82, 2.24) is 15.5 Å². The summed E-state index contributed by atoms with van der Waals surface area (Å²) in [4.78, 5) is 2.39. The van der Waals surface area contributed by atoms with E-state index in [1.807, 2.05) is 0 Å². The van der Waals surface area contributed by atoms with E-state index < -0.39 is 0 Å². The molecule has 1 unspecified atom stereocenters. The van der Waals surface area contributed by atoms with Crippen LogP contribution in [-0.4, -0.2) is 50.7 Å². The quantitative estimate of drug-likeness (QED) is 0.734. The summed E-state index contributed by atoms with van der Waals surface area (Å²) >= 11 is 0. The first-order valence-electron chi connectivity index (χ1n) is 6.51. The predicted octanol–water partition coefficient (Wildman–Crippen LogP) is 0.722.